The van der Waals surface area contributed by atoms with Gasteiger partial charge < -0.3 is 14.5 Å². The van der Waals surface area contributed by atoms with Crippen LogP contribution in [0.3, 0.4) is 0 Å². The van der Waals surface area contributed by atoms with Crippen LogP contribution in [0.1, 0.15) is 118 Å². The van der Waals surface area contributed by atoms with E-state index in [-0.39, 0.29) is 23.0 Å². The molecule has 0 spiro atoms. The normalized spacial score (nSPS) is 18.6. The minimum Gasteiger partial charge on any atom is -0.370 e. The Labute approximate surface area is 250 Å². The number of hydrogen-bond acceptors (Lipinski definition) is 4. The third-order valence-electron chi connectivity index (χ3n) is 9.35. The van der Waals surface area contributed by atoms with Gasteiger partial charge in [0, 0.05) is 37.5 Å². The minimum absolute atomic E-state index is 0.107. The Kier molecular flexibility index (Phi) is 10.5. The molecule has 1 aromatic carbocycles. The van der Waals surface area contributed by atoms with Gasteiger partial charge in [0.1, 0.15) is 0 Å². The number of aromatic nitrogens is 1. The lowest BCUT2D eigenvalue weighted by Gasteiger charge is -2.44. The number of anilines is 2. The number of carbonyl (C=O) groups is 1. The molecule has 0 N–H and O–H groups in total. The monoisotopic (exact) mass is 561 g/mol. The summed E-state index contributed by atoms with van der Waals surface area (Å²) in [4.78, 5) is 21.2. The molecule has 0 radical (unpaired) electrons. The first-order chi connectivity index (χ1) is 19.5. The van der Waals surface area contributed by atoms with Crippen molar-refractivity contribution in [1.29, 1.82) is 0 Å². The van der Waals surface area contributed by atoms with Gasteiger partial charge in [-0.2, -0.15) is 0 Å². The van der Waals surface area contributed by atoms with Crippen LogP contribution < -0.4 is 9.80 Å². The Hall–Kier alpha value is -2.40. The first kappa shape index (κ1) is 31.5. The lowest BCUT2D eigenvalue weighted by atomic mass is 9.84. The van der Waals surface area contributed by atoms with E-state index in [1.807, 2.05) is 19.4 Å². The smallest absolute Gasteiger partial charge is 0.227 e. The molecule has 5 heteroatoms. The molecule has 0 saturated carbocycles. The lowest BCUT2D eigenvalue weighted by molar-refractivity contribution is -0.127. The molecule has 0 bridgehead atoms. The van der Waals surface area contributed by atoms with Crippen LogP contribution in [0.15, 0.2) is 36.7 Å². The maximum absolute atomic E-state index is 12.1. The molecule has 226 valence electrons. The van der Waals surface area contributed by atoms with Crippen molar-refractivity contribution < 1.29 is 9.53 Å². The molecule has 2 aliphatic rings. The van der Waals surface area contributed by atoms with Gasteiger partial charge in [0.25, 0.3) is 0 Å². The van der Waals surface area contributed by atoms with Crippen molar-refractivity contribution in [2.75, 3.05) is 23.4 Å². The number of unbranched alkanes of at least 4 members (excludes halogenated alkanes) is 6. The fourth-order valence-electron chi connectivity index (χ4n) is 6.78. The molecule has 0 aliphatic carbocycles. The van der Waals surface area contributed by atoms with Crippen molar-refractivity contribution in [2.24, 2.45) is 5.41 Å². The summed E-state index contributed by atoms with van der Waals surface area (Å²) in [6, 6.07) is 9.05. The number of pyridine rings is 1. The Morgan fingerprint density at radius 3 is 2.41 bits per heavy atom. The van der Waals surface area contributed by atoms with Crippen molar-refractivity contribution in [2.45, 2.75) is 136 Å². The van der Waals surface area contributed by atoms with Gasteiger partial charge in [0.15, 0.2) is 0 Å². The van der Waals surface area contributed by atoms with Gasteiger partial charge in [-0.1, -0.05) is 78.7 Å². The quantitative estimate of drug-likeness (QED) is 0.229. The molecule has 1 amide bonds. The van der Waals surface area contributed by atoms with Gasteiger partial charge in [0.05, 0.1) is 29.6 Å². The van der Waals surface area contributed by atoms with Gasteiger partial charge >= 0.3 is 0 Å². The van der Waals surface area contributed by atoms with Crippen LogP contribution in [-0.2, 0) is 16.0 Å². The molecular weight excluding hydrogens is 506 g/mol. The van der Waals surface area contributed by atoms with Crippen LogP contribution in [0.2, 0.25) is 0 Å². The average Bonchev–Trinajstić information content (AvgIpc) is 3.45. The summed E-state index contributed by atoms with van der Waals surface area (Å²) in [6.45, 7) is 14.9. The van der Waals surface area contributed by atoms with Crippen LogP contribution in [0, 0.1) is 5.41 Å². The average molecular weight is 562 g/mol. The van der Waals surface area contributed by atoms with E-state index in [0.29, 0.717) is 12.5 Å². The van der Waals surface area contributed by atoms with E-state index >= 15 is 0 Å². The highest BCUT2D eigenvalue weighted by atomic mass is 16.5. The molecule has 2 aliphatic heterocycles. The molecule has 41 heavy (non-hydrogen) atoms. The van der Waals surface area contributed by atoms with Gasteiger partial charge in [-0.3, -0.25) is 9.78 Å². The Bertz CT molecular complexity index is 1150. The molecule has 1 unspecified atom stereocenters. The second-order valence-electron chi connectivity index (χ2n) is 14.1. The van der Waals surface area contributed by atoms with E-state index in [1.54, 1.807) is 4.90 Å². The Morgan fingerprint density at radius 2 is 1.68 bits per heavy atom. The van der Waals surface area contributed by atoms with E-state index in [0.717, 1.165) is 42.6 Å². The van der Waals surface area contributed by atoms with Gasteiger partial charge in [0.2, 0.25) is 5.91 Å². The van der Waals surface area contributed by atoms with Crippen molar-refractivity contribution in [3.63, 3.8) is 0 Å². The SMILES string of the molecule is CCCCCCCCCC(OC(C)(C)[C@@H]1CCCN1c1cncc(-c2ccc3c(c2)CCC(=O)N3C)c1)C(C)(C)C. The third kappa shape index (κ3) is 7.91. The fourth-order valence-corrected chi connectivity index (χ4v) is 6.78. The number of ether oxygens (including phenoxy) is 1. The second-order valence-corrected chi connectivity index (χ2v) is 14.1. The number of fused-ring (bicyclic) bond motifs is 1. The highest BCUT2D eigenvalue weighted by Gasteiger charge is 2.42. The predicted octanol–water partition coefficient (Wildman–Crippen LogP) is 8.98. The molecule has 2 atom stereocenters. The minimum atomic E-state index is -0.269. The zero-order chi connectivity index (χ0) is 29.6. The Morgan fingerprint density at radius 1 is 0.951 bits per heavy atom. The van der Waals surface area contributed by atoms with Gasteiger partial charge in [-0.15, -0.1) is 0 Å². The molecule has 1 saturated heterocycles. The number of rotatable bonds is 13. The Balaban J connectivity index is 1.45. The number of benzene rings is 1. The second kappa shape index (κ2) is 13.7. The molecule has 1 fully saturated rings. The number of hydrogen-bond donors (Lipinski definition) is 0. The van der Waals surface area contributed by atoms with Crippen LogP contribution in [-0.4, -0.2) is 42.2 Å². The largest absolute Gasteiger partial charge is 0.370 e. The summed E-state index contributed by atoms with van der Waals surface area (Å²) in [5.74, 6) is 0.190. The van der Waals surface area contributed by atoms with E-state index in [2.05, 4.69) is 70.7 Å². The van der Waals surface area contributed by atoms with Crippen molar-refractivity contribution in [1.82, 2.24) is 4.98 Å². The summed E-state index contributed by atoms with van der Waals surface area (Å²) >= 11 is 0. The van der Waals surface area contributed by atoms with Gasteiger partial charge in [-0.25, -0.2) is 0 Å². The van der Waals surface area contributed by atoms with Gasteiger partial charge in [-0.05, 0) is 74.3 Å². The first-order valence-electron chi connectivity index (χ1n) is 16.3. The molecule has 2 aromatic rings. The van der Waals surface area contributed by atoms with Crippen LogP contribution >= 0.6 is 0 Å². The van der Waals surface area contributed by atoms with Crippen molar-refractivity contribution in [3.05, 3.63) is 42.2 Å². The van der Waals surface area contributed by atoms with Crippen LogP contribution in [0.5, 0.6) is 0 Å². The summed E-state index contributed by atoms with van der Waals surface area (Å²) in [5, 5.41) is 0. The van der Waals surface area contributed by atoms with Crippen molar-refractivity contribution >= 4 is 17.3 Å². The van der Waals surface area contributed by atoms with E-state index in [4.69, 9.17) is 9.72 Å². The van der Waals surface area contributed by atoms with Crippen molar-refractivity contribution in [3.8, 4) is 11.1 Å². The van der Waals surface area contributed by atoms with Crippen LogP contribution in [0.4, 0.5) is 11.4 Å². The number of nitrogens with zero attached hydrogens (tertiary/aromatic N) is 3. The third-order valence-corrected chi connectivity index (χ3v) is 9.35. The zero-order valence-electron chi connectivity index (χ0n) is 27.0. The number of amides is 1. The van der Waals surface area contributed by atoms with E-state index < -0.39 is 0 Å². The van der Waals surface area contributed by atoms with E-state index in [1.165, 1.54) is 62.6 Å². The maximum Gasteiger partial charge on any atom is 0.227 e. The molecular formula is C36H55N3O2. The number of aryl methyl sites for hydroxylation is 1. The summed E-state index contributed by atoms with van der Waals surface area (Å²) in [5.41, 5.74) is 5.56. The summed E-state index contributed by atoms with van der Waals surface area (Å²) in [6.07, 6.45) is 18.3. The number of carbonyl (C=O) groups excluding carboxylic acids is 1. The fraction of sp³-hybridized carbons (Fsp3) is 0.667. The maximum atomic E-state index is 12.1. The molecule has 3 heterocycles. The predicted molar refractivity (Wildman–Crippen MR) is 173 cm³/mol. The molecule has 1 aromatic heterocycles. The van der Waals surface area contributed by atoms with Crippen LogP contribution in [0.25, 0.3) is 11.1 Å². The topological polar surface area (TPSA) is 45.7 Å². The standard InChI is InChI=1S/C36H55N3O2/c1-8-9-10-11-12-13-14-17-33(35(2,3)4)41-36(5,6)32-16-15-22-39(32)30-24-29(25-37-26-30)27-18-20-31-28(23-27)19-21-34(40)38(31)7/h18,20,23-26,32-33H,8-17,19,21-22H2,1-7H3/t32-,33?/m0/s1. The summed E-state index contributed by atoms with van der Waals surface area (Å²) in [7, 11) is 1.87. The molecule has 4 rings (SSSR count). The lowest BCUT2D eigenvalue weighted by Crippen LogP contribution is -2.51. The highest BCUT2D eigenvalue weighted by molar-refractivity contribution is 5.96. The highest BCUT2D eigenvalue weighted by Crippen LogP contribution is 2.39. The van der Waals surface area contributed by atoms with E-state index in [9.17, 15) is 4.79 Å². The first-order valence-corrected chi connectivity index (χ1v) is 16.3. The summed E-state index contributed by atoms with van der Waals surface area (Å²) < 4.78 is 7.08. The zero-order valence-corrected chi connectivity index (χ0v) is 27.0. The molecule has 5 nitrogen and oxygen atoms in total.